The average molecular weight is 335 g/mol. The molecule has 1 aromatic heterocycles. The summed E-state index contributed by atoms with van der Waals surface area (Å²) in [5.41, 5.74) is 2.07. The third-order valence-corrected chi connectivity index (χ3v) is 4.45. The lowest BCUT2D eigenvalue weighted by molar-refractivity contribution is -0.127. The smallest absolute Gasteiger partial charge is 0.223 e. The van der Waals surface area contributed by atoms with E-state index in [2.05, 4.69) is 15.7 Å². The highest BCUT2D eigenvalue weighted by Gasteiger charge is 2.29. The largest absolute Gasteiger partial charge is 0.349 e. The summed E-state index contributed by atoms with van der Waals surface area (Å²) >= 11 is 0. The third-order valence-electron chi connectivity index (χ3n) is 4.45. The molecule has 2 unspecified atom stereocenters. The maximum Gasteiger partial charge on any atom is 0.223 e. The van der Waals surface area contributed by atoms with Gasteiger partial charge in [0.25, 0.3) is 0 Å². The molecule has 1 aliphatic rings. The van der Waals surface area contributed by atoms with E-state index in [1.807, 2.05) is 55.1 Å². The Morgan fingerprint density at radius 1 is 1.30 bits per heavy atom. The van der Waals surface area contributed by atoms with Gasteiger partial charge in [-0.25, -0.2) is 4.68 Å². The van der Waals surface area contributed by atoms with E-state index in [1.54, 1.807) is 6.20 Å². The molecule has 2 aromatic rings. The number of amides is 1. The van der Waals surface area contributed by atoms with Gasteiger partial charge in [-0.3, -0.25) is 4.79 Å². The number of nitrogens with one attached hydrogen (secondary N) is 2. The van der Waals surface area contributed by atoms with Gasteiger partial charge in [-0.1, -0.05) is 25.1 Å². The van der Waals surface area contributed by atoms with Crippen molar-refractivity contribution in [3.8, 4) is 5.69 Å². The van der Waals surface area contributed by atoms with Gasteiger partial charge in [-0.2, -0.15) is 5.10 Å². The van der Waals surface area contributed by atoms with E-state index >= 15 is 0 Å². The first-order chi connectivity index (χ1) is 10.7. The number of carbonyl (C=O) groups excluding carboxylic acids is 1. The van der Waals surface area contributed by atoms with Gasteiger partial charge in [0.05, 0.1) is 11.7 Å². The predicted molar refractivity (Wildman–Crippen MR) is 92.9 cm³/mol. The highest BCUT2D eigenvalue weighted by molar-refractivity contribution is 5.85. The van der Waals surface area contributed by atoms with E-state index < -0.39 is 0 Å². The van der Waals surface area contributed by atoms with Crippen molar-refractivity contribution >= 4 is 18.3 Å². The minimum Gasteiger partial charge on any atom is -0.349 e. The summed E-state index contributed by atoms with van der Waals surface area (Å²) in [5.74, 6) is 0.614. The first-order valence-corrected chi connectivity index (χ1v) is 7.77. The molecule has 5 nitrogen and oxygen atoms in total. The molecule has 3 rings (SSSR count). The Hall–Kier alpha value is -1.85. The van der Waals surface area contributed by atoms with Crippen LogP contribution >= 0.6 is 12.4 Å². The first-order valence-electron chi connectivity index (χ1n) is 7.77. The zero-order valence-electron chi connectivity index (χ0n) is 13.4. The van der Waals surface area contributed by atoms with Gasteiger partial charge >= 0.3 is 0 Å². The molecule has 2 heterocycles. The van der Waals surface area contributed by atoms with E-state index in [0.717, 1.165) is 24.3 Å². The molecule has 1 aliphatic heterocycles. The maximum absolute atomic E-state index is 12.4. The molecule has 0 radical (unpaired) electrons. The van der Waals surface area contributed by atoms with Crippen molar-refractivity contribution in [2.24, 2.45) is 11.8 Å². The van der Waals surface area contributed by atoms with Crippen LogP contribution in [0.5, 0.6) is 0 Å². The molecule has 0 bridgehead atoms. The molecule has 1 amide bonds. The van der Waals surface area contributed by atoms with Crippen LogP contribution in [0.15, 0.2) is 42.7 Å². The molecule has 0 spiro atoms. The summed E-state index contributed by atoms with van der Waals surface area (Å²) in [6, 6.07) is 9.87. The minimum absolute atomic E-state index is 0. The summed E-state index contributed by atoms with van der Waals surface area (Å²) in [5, 5.41) is 10.6. The zero-order valence-corrected chi connectivity index (χ0v) is 14.2. The lowest BCUT2D eigenvalue weighted by Crippen LogP contribution is -2.49. The Labute approximate surface area is 142 Å². The lowest BCUT2D eigenvalue weighted by Gasteiger charge is -2.32. The lowest BCUT2D eigenvalue weighted by atomic mass is 9.88. The van der Waals surface area contributed by atoms with Crippen LogP contribution in [0.2, 0.25) is 0 Å². The van der Waals surface area contributed by atoms with Crippen molar-refractivity contribution in [1.82, 2.24) is 20.4 Å². The van der Waals surface area contributed by atoms with Crippen molar-refractivity contribution in [1.29, 1.82) is 0 Å². The first kappa shape index (κ1) is 17.5. The molecule has 23 heavy (non-hydrogen) atoms. The van der Waals surface area contributed by atoms with Gasteiger partial charge in [-0.15, -0.1) is 12.4 Å². The van der Waals surface area contributed by atoms with Crippen LogP contribution in [0, 0.1) is 11.8 Å². The summed E-state index contributed by atoms with van der Waals surface area (Å²) in [6.07, 6.45) is 3.67. The minimum atomic E-state index is -0.0524. The third kappa shape index (κ3) is 3.74. The topological polar surface area (TPSA) is 59.0 Å². The second-order valence-corrected chi connectivity index (χ2v) is 5.95. The number of rotatable bonds is 5. The molecule has 2 N–H and O–H groups in total. The molecular formula is C17H23ClN4O. The summed E-state index contributed by atoms with van der Waals surface area (Å²) in [4.78, 5) is 12.4. The number of carbonyl (C=O) groups is 1. The van der Waals surface area contributed by atoms with Gasteiger partial charge in [-0.05, 0) is 43.6 Å². The van der Waals surface area contributed by atoms with Crippen LogP contribution in [0.25, 0.3) is 5.69 Å². The van der Waals surface area contributed by atoms with Crippen LogP contribution in [0.4, 0.5) is 0 Å². The summed E-state index contributed by atoms with van der Waals surface area (Å²) in [6.45, 7) is 5.90. The number of hydrogen-bond donors (Lipinski definition) is 2. The standard InChI is InChI=1S/C17H22N4O.ClH/c1-12(14-10-18-11-14)17(22)20-13(2)15-6-3-4-7-16(15)21-9-5-8-19-21;/h3-9,12-14,18H,10-11H2,1-2H3,(H,20,22);1H. The van der Waals surface area contributed by atoms with Crippen LogP contribution in [0.1, 0.15) is 25.5 Å². The number of benzene rings is 1. The predicted octanol–water partition coefficient (Wildman–Crippen LogP) is 2.33. The molecule has 1 saturated heterocycles. The Morgan fingerprint density at radius 2 is 2.04 bits per heavy atom. The fourth-order valence-electron chi connectivity index (χ4n) is 2.77. The second kappa shape index (κ2) is 7.62. The highest BCUT2D eigenvalue weighted by Crippen LogP contribution is 2.23. The molecule has 0 saturated carbocycles. The average Bonchev–Trinajstić information content (AvgIpc) is 2.99. The van der Waals surface area contributed by atoms with Crippen LogP contribution in [-0.4, -0.2) is 28.8 Å². The van der Waals surface area contributed by atoms with E-state index in [0.29, 0.717) is 5.92 Å². The van der Waals surface area contributed by atoms with Gasteiger partial charge in [0.2, 0.25) is 5.91 Å². The van der Waals surface area contributed by atoms with Crippen molar-refractivity contribution in [3.63, 3.8) is 0 Å². The molecule has 1 fully saturated rings. The van der Waals surface area contributed by atoms with Crippen molar-refractivity contribution in [2.75, 3.05) is 13.1 Å². The number of nitrogens with zero attached hydrogens (tertiary/aromatic N) is 2. The number of aromatic nitrogens is 2. The van der Waals surface area contributed by atoms with Crippen LogP contribution < -0.4 is 10.6 Å². The van der Waals surface area contributed by atoms with Crippen LogP contribution in [-0.2, 0) is 4.79 Å². The molecule has 124 valence electrons. The van der Waals surface area contributed by atoms with Gasteiger partial charge in [0, 0.05) is 18.3 Å². The quantitative estimate of drug-likeness (QED) is 0.882. The maximum atomic E-state index is 12.4. The Balaban J connectivity index is 0.00000192. The van der Waals surface area contributed by atoms with Crippen LogP contribution in [0.3, 0.4) is 0 Å². The zero-order chi connectivity index (χ0) is 15.5. The highest BCUT2D eigenvalue weighted by atomic mass is 35.5. The van der Waals surface area contributed by atoms with Crippen molar-refractivity contribution < 1.29 is 4.79 Å². The monoisotopic (exact) mass is 334 g/mol. The van der Waals surface area contributed by atoms with E-state index in [4.69, 9.17) is 0 Å². The second-order valence-electron chi connectivity index (χ2n) is 5.95. The fraction of sp³-hybridized carbons (Fsp3) is 0.412. The molecule has 6 heteroatoms. The summed E-state index contributed by atoms with van der Waals surface area (Å²) in [7, 11) is 0. The normalized spacial score (nSPS) is 16.8. The van der Waals surface area contributed by atoms with E-state index in [-0.39, 0.29) is 30.3 Å². The Kier molecular flexibility index (Phi) is 5.80. The number of para-hydroxylation sites is 1. The van der Waals surface area contributed by atoms with Gasteiger partial charge in [0.15, 0.2) is 0 Å². The molecule has 2 atom stereocenters. The van der Waals surface area contributed by atoms with Gasteiger partial charge in [0.1, 0.15) is 0 Å². The SMILES string of the molecule is CC(NC(=O)C(C)C1CNC1)c1ccccc1-n1cccn1.Cl. The Morgan fingerprint density at radius 3 is 2.65 bits per heavy atom. The van der Waals surface area contributed by atoms with Crippen molar-refractivity contribution in [3.05, 3.63) is 48.3 Å². The molecular weight excluding hydrogens is 312 g/mol. The van der Waals surface area contributed by atoms with Gasteiger partial charge < -0.3 is 10.6 Å². The van der Waals surface area contributed by atoms with E-state index in [9.17, 15) is 4.79 Å². The number of halogens is 1. The van der Waals surface area contributed by atoms with E-state index in [1.165, 1.54) is 0 Å². The fourth-order valence-corrected chi connectivity index (χ4v) is 2.77. The number of hydrogen-bond acceptors (Lipinski definition) is 3. The molecule has 1 aromatic carbocycles. The molecule has 0 aliphatic carbocycles. The van der Waals surface area contributed by atoms with Crippen molar-refractivity contribution in [2.45, 2.75) is 19.9 Å². The Bertz CT molecular complexity index is 640. The summed E-state index contributed by atoms with van der Waals surface area (Å²) < 4.78 is 1.83.